The summed E-state index contributed by atoms with van der Waals surface area (Å²) in [4.78, 5) is 0. The van der Waals surface area contributed by atoms with Crippen molar-refractivity contribution in [3.05, 3.63) is 54.3 Å². The molecule has 1 fully saturated rings. The minimum absolute atomic E-state index is 0.214. The van der Waals surface area contributed by atoms with Gasteiger partial charge < -0.3 is 4.18 Å². The van der Waals surface area contributed by atoms with Crippen LogP contribution in [-0.4, -0.2) is 13.9 Å². The summed E-state index contributed by atoms with van der Waals surface area (Å²) >= 11 is 0. The van der Waals surface area contributed by atoms with E-state index in [0.717, 1.165) is 12.0 Å². The maximum atomic E-state index is 12.4. The zero-order chi connectivity index (χ0) is 18.9. The summed E-state index contributed by atoms with van der Waals surface area (Å²) in [6.07, 6.45) is 5.30. The summed E-state index contributed by atoms with van der Waals surface area (Å²) in [5, 5.41) is 0. The van der Waals surface area contributed by atoms with Gasteiger partial charge in [-0.25, -0.2) is 0 Å². The predicted octanol–water partition coefficient (Wildman–Crippen LogP) is 5.13. The fraction of sp³-hybridized carbons (Fsp3) is 0.444. The second-order valence-electron chi connectivity index (χ2n) is 6.80. The molecule has 25 heavy (non-hydrogen) atoms. The second kappa shape index (κ2) is 6.86. The Morgan fingerprint density at radius 2 is 1.92 bits per heavy atom. The Kier molecular flexibility index (Phi) is 5.37. The molecule has 1 saturated carbocycles. The largest absolute Gasteiger partial charge is 0.534 e. The molecule has 0 spiro atoms. The molecular formula is C18H21F3O3S. The number of benzene rings is 1. The van der Waals surface area contributed by atoms with Crippen molar-refractivity contribution in [2.24, 2.45) is 17.3 Å². The van der Waals surface area contributed by atoms with Crippen LogP contribution in [0.1, 0.15) is 32.3 Å². The lowest BCUT2D eigenvalue weighted by atomic mass is 9.53. The molecule has 0 N–H and O–H groups in total. The highest BCUT2D eigenvalue weighted by molar-refractivity contribution is 7.87. The lowest BCUT2D eigenvalue weighted by Crippen LogP contribution is -2.46. The van der Waals surface area contributed by atoms with Crippen molar-refractivity contribution in [2.75, 3.05) is 0 Å². The van der Waals surface area contributed by atoms with E-state index in [1.54, 1.807) is 0 Å². The zero-order valence-electron chi connectivity index (χ0n) is 14.1. The normalized spacial score (nSPS) is 23.2. The predicted molar refractivity (Wildman–Crippen MR) is 90.7 cm³/mol. The standard InChI is InChI=1S/C18H21F3O3S/c1-13(24-25(22,23)18(19,20)21)16-12-15(17(16,2)3)11-7-10-14-8-5-4-6-9-14/h4-10,15-16H,1,11-12H2,2-3H3/t15-,16-/m0/s1. The minimum atomic E-state index is -5.65. The SMILES string of the molecule is C=C(OS(=O)(=O)C(F)(F)F)[C@@H]1C[C@H](CC=Cc2ccccc2)C1(C)C. The molecule has 1 aliphatic rings. The van der Waals surface area contributed by atoms with Crippen LogP contribution in [0.15, 0.2) is 48.7 Å². The Hall–Kier alpha value is -1.76. The van der Waals surface area contributed by atoms with Gasteiger partial charge in [0.15, 0.2) is 0 Å². The smallest absolute Gasteiger partial charge is 0.381 e. The number of allylic oxidation sites excluding steroid dienone is 2. The van der Waals surface area contributed by atoms with Gasteiger partial charge in [-0.15, -0.1) is 0 Å². The van der Waals surface area contributed by atoms with E-state index in [4.69, 9.17) is 0 Å². The van der Waals surface area contributed by atoms with Crippen LogP contribution in [-0.2, 0) is 14.3 Å². The van der Waals surface area contributed by atoms with Crippen LogP contribution in [0.3, 0.4) is 0 Å². The molecule has 0 unspecified atom stereocenters. The average Bonchev–Trinajstić information content (AvgIpc) is 2.49. The van der Waals surface area contributed by atoms with Crippen molar-refractivity contribution < 1.29 is 25.8 Å². The summed E-state index contributed by atoms with van der Waals surface area (Å²) in [5.74, 6) is -0.559. The summed E-state index contributed by atoms with van der Waals surface area (Å²) in [5.41, 5.74) is -4.76. The molecule has 2 atom stereocenters. The van der Waals surface area contributed by atoms with Crippen molar-refractivity contribution in [3.8, 4) is 0 Å². The number of hydrogen-bond donors (Lipinski definition) is 0. The summed E-state index contributed by atoms with van der Waals surface area (Å²) in [6, 6.07) is 9.75. The van der Waals surface area contributed by atoms with Gasteiger partial charge in [0, 0.05) is 5.92 Å². The Morgan fingerprint density at radius 3 is 2.44 bits per heavy atom. The van der Waals surface area contributed by atoms with Crippen LogP contribution in [0.2, 0.25) is 0 Å². The summed E-state index contributed by atoms with van der Waals surface area (Å²) in [6.45, 7) is 7.19. The van der Waals surface area contributed by atoms with Crippen molar-refractivity contribution in [1.82, 2.24) is 0 Å². The number of hydrogen-bond acceptors (Lipinski definition) is 3. The maximum absolute atomic E-state index is 12.4. The molecule has 1 aliphatic carbocycles. The lowest BCUT2D eigenvalue weighted by molar-refractivity contribution is -0.0577. The Labute approximate surface area is 146 Å². The third-order valence-corrected chi connectivity index (χ3v) is 5.89. The second-order valence-corrected chi connectivity index (χ2v) is 8.34. The van der Waals surface area contributed by atoms with Crippen LogP contribution in [0.5, 0.6) is 0 Å². The van der Waals surface area contributed by atoms with Crippen LogP contribution >= 0.6 is 0 Å². The van der Waals surface area contributed by atoms with Crippen LogP contribution < -0.4 is 0 Å². The lowest BCUT2D eigenvalue weighted by Gasteiger charge is -2.52. The van der Waals surface area contributed by atoms with Gasteiger partial charge in [0.1, 0.15) is 5.76 Å². The molecular weight excluding hydrogens is 353 g/mol. The maximum Gasteiger partial charge on any atom is 0.534 e. The first kappa shape index (κ1) is 19.6. The minimum Gasteiger partial charge on any atom is -0.381 e. The molecule has 0 aliphatic heterocycles. The number of halogens is 3. The summed E-state index contributed by atoms with van der Waals surface area (Å²) in [7, 11) is -5.65. The fourth-order valence-corrected chi connectivity index (χ4v) is 3.63. The van der Waals surface area contributed by atoms with E-state index in [1.165, 1.54) is 0 Å². The first-order valence-electron chi connectivity index (χ1n) is 7.86. The van der Waals surface area contributed by atoms with E-state index >= 15 is 0 Å². The highest BCUT2D eigenvalue weighted by Gasteiger charge is 2.53. The molecule has 0 heterocycles. The topological polar surface area (TPSA) is 43.4 Å². The highest BCUT2D eigenvalue weighted by Crippen LogP contribution is 2.56. The quantitative estimate of drug-likeness (QED) is 0.394. The Morgan fingerprint density at radius 1 is 1.32 bits per heavy atom. The Bertz CT molecular complexity index is 750. The van der Waals surface area contributed by atoms with Crippen LogP contribution in [0.4, 0.5) is 13.2 Å². The van der Waals surface area contributed by atoms with E-state index in [1.807, 2.05) is 56.3 Å². The van der Waals surface area contributed by atoms with Gasteiger partial charge in [-0.05, 0) is 29.7 Å². The van der Waals surface area contributed by atoms with E-state index in [-0.39, 0.29) is 17.1 Å². The average molecular weight is 374 g/mol. The van der Waals surface area contributed by atoms with E-state index in [0.29, 0.717) is 6.42 Å². The first-order chi connectivity index (χ1) is 11.4. The van der Waals surface area contributed by atoms with Crippen molar-refractivity contribution in [1.29, 1.82) is 0 Å². The Balaban J connectivity index is 1.95. The van der Waals surface area contributed by atoms with Crippen molar-refractivity contribution >= 4 is 16.2 Å². The molecule has 2 rings (SSSR count). The van der Waals surface area contributed by atoms with Crippen molar-refractivity contribution in [2.45, 2.75) is 32.2 Å². The first-order valence-corrected chi connectivity index (χ1v) is 9.27. The molecule has 7 heteroatoms. The number of alkyl halides is 3. The molecule has 138 valence electrons. The molecule has 0 saturated heterocycles. The monoisotopic (exact) mass is 374 g/mol. The molecule has 1 aromatic carbocycles. The molecule has 0 amide bonds. The molecule has 0 aromatic heterocycles. The van der Waals surface area contributed by atoms with Gasteiger partial charge in [-0.3, -0.25) is 0 Å². The van der Waals surface area contributed by atoms with Gasteiger partial charge in [-0.1, -0.05) is 62.9 Å². The van der Waals surface area contributed by atoms with Gasteiger partial charge in [0.05, 0.1) is 0 Å². The van der Waals surface area contributed by atoms with Gasteiger partial charge in [-0.2, -0.15) is 21.6 Å². The highest BCUT2D eigenvalue weighted by atomic mass is 32.2. The van der Waals surface area contributed by atoms with E-state index < -0.39 is 21.5 Å². The zero-order valence-corrected chi connectivity index (χ0v) is 14.9. The van der Waals surface area contributed by atoms with Gasteiger partial charge in [0.2, 0.25) is 0 Å². The van der Waals surface area contributed by atoms with Crippen molar-refractivity contribution in [3.63, 3.8) is 0 Å². The third kappa shape index (κ3) is 4.26. The summed E-state index contributed by atoms with van der Waals surface area (Å²) < 4.78 is 63.7. The van der Waals surface area contributed by atoms with E-state index in [2.05, 4.69) is 10.8 Å². The van der Waals surface area contributed by atoms with E-state index in [9.17, 15) is 21.6 Å². The molecule has 0 bridgehead atoms. The third-order valence-electron chi connectivity index (χ3n) is 4.89. The molecule has 3 nitrogen and oxygen atoms in total. The fourth-order valence-electron chi connectivity index (χ4n) is 3.14. The van der Waals surface area contributed by atoms with Gasteiger partial charge in [0.25, 0.3) is 0 Å². The van der Waals surface area contributed by atoms with Gasteiger partial charge >= 0.3 is 15.6 Å². The van der Waals surface area contributed by atoms with Crippen LogP contribution in [0.25, 0.3) is 6.08 Å². The number of rotatable bonds is 6. The van der Waals surface area contributed by atoms with Crippen LogP contribution in [0, 0.1) is 17.3 Å². The molecule has 1 aromatic rings. The molecule has 0 radical (unpaired) electrons.